The second kappa shape index (κ2) is 4.43. The predicted octanol–water partition coefficient (Wildman–Crippen LogP) is 2.31. The van der Waals surface area contributed by atoms with E-state index in [1.807, 2.05) is 32.0 Å². The maximum absolute atomic E-state index is 8.95. The summed E-state index contributed by atoms with van der Waals surface area (Å²) in [4.78, 5) is 0. The highest BCUT2D eigenvalue weighted by Crippen LogP contribution is 2.31. The third-order valence-electron chi connectivity index (χ3n) is 2.42. The Hall–Kier alpha value is -0.380. The smallest absolute Gasteiger partial charge is 0.0451 e. The molecule has 1 aromatic carbocycles. The van der Waals surface area contributed by atoms with Crippen LogP contribution < -0.4 is 5.73 Å². The summed E-state index contributed by atoms with van der Waals surface area (Å²) in [7, 11) is 0. The van der Waals surface area contributed by atoms with E-state index < -0.39 is 5.54 Å². The van der Waals surface area contributed by atoms with E-state index in [4.69, 9.17) is 10.8 Å². The van der Waals surface area contributed by atoms with Gasteiger partial charge >= 0.3 is 0 Å². The van der Waals surface area contributed by atoms with Crippen molar-refractivity contribution in [3.05, 3.63) is 33.8 Å². The fourth-order valence-electron chi connectivity index (χ4n) is 1.71. The zero-order valence-corrected chi connectivity index (χ0v) is 10.1. The lowest BCUT2D eigenvalue weighted by Crippen LogP contribution is -2.35. The van der Waals surface area contributed by atoms with Crippen molar-refractivity contribution in [2.45, 2.75) is 25.8 Å². The quantitative estimate of drug-likeness (QED) is 0.873. The molecule has 0 aliphatic heterocycles. The first-order valence-corrected chi connectivity index (χ1v) is 5.43. The third-order valence-corrected chi connectivity index (χ3v) is 3.09. The van der Waals surface area contributed by atoms with Gasteiger partial charge in [-0.05, 0) is 37.5 Å². The summed E-state index contributed by atoms with van der Waals surface area (Å²) in [5.74, 6) is 0. The predicted molar refractivity (Wildman–Crippen MR) is 62.1 cm³/mol. The molecule has 0 spiro atoms. The number of rotatable bonds is 3. The van der Waals surface area contributed by atoms with Gasteiger partial charge < -0.3 is 10.8 Å². The first kappa shape index (κ1) is 11.7. The Bertz CT molecular complexity index is 303. The second-order valence-electron chi connectivity index (χ2n) is 3.82. The van der Waals surface area contributed by atoms with Crippen LogP contribution in [0.25, 0.3) is 0 Å². The summed E-state index contributed by atoms with van der Waals surface area (Å²) in [6, 6.07) is 5.99. The number of benzene rings is 1. The van der Waals surface area contributed by atoms with Crippen LogP contribution in [0.2, 0.25) is 0 Å². The molecule has 2 nitrogen and oxygen atoms in total. The van der Waals surface area contributed by atoms with Crippen molar-refractivity contribution in [1.82, 2.24) is 0 Å². The molecule has 0 aliphatic carbocycles. The zero-order valence-electron chi connectivity index (χ0n) is 8.55. The van der Waals surface area contributed by atoms with Crippen LogP contribution in [-0.2, 0) is 5.54 Å². The molecule has 0 saturated carbocycles. The minimum absolute atomic E-state index is 0.105. The lowest BCUT2D eigenvalue weighted by Gasteiger charge is -2.27. The van der Waals surface area contributed by atoms with Crippen molar-refractivity contribution < 1.29 is 5.11 Å². The monoisotopic (exact) mass is 257 g/mol. The fourth-order valence-corrected chi connectivity index (χ4v) is 2.63. The number of hydrogen-bond donors (Lipinski definition) is 2. The van der Waals surface area contributed by atoms with Crippen molar-refractivity contribution in [1.29, 1.82) is 0 Å². The van der Waals surface area contributed by atoms with E-state index in [2.05, 4.69) is 15.9 Å². The maximum atomic E-state index is 8.95. The van der Waals surface area contributed by atoms with Gasteiger partial charge in [0.25, 0.3) is 0 Å². The van der Waals surface area contributed by atoms with Gasteiger partial charge in [0.05, 0.1) is 0 Å². The molecular weight excluding hydrogens is 242 g/mol. The maximum Gasteiger partial charge on any atom is 0.0451 e. The first-order chi connectivity index (χ1) is 6.49. The molecule has 0 heterocycles. The van der Waals surface area contributed by atoms with Gasteiger partial charge in [0.2, 0.25) is 0 Å². The number of aryl methyl sites for hydroxylation is 1. The summed E-state index contributed by atoms with van der Waals surface area (Å²) < 4.78 is 1.01. The molecule has 0 radical (unpaired) electrons. The number of hydrogen-bond acceptors (Lipinski definition) is 2. The lowest BCUT2D eigenvalue weighted by molar-refractivity contribution is 0.246. The highest BCUT2D eigenvalue weighted by Gasteiger charge is 2.24. The molecule has 78 valence electrons. The van der Waals surface area contributed by atoms with Gasteiger partial charge in [-0.25, -0.2) is 0 Å². The van der Waals surface area contributed by atoms with Crippen LogP contribution in [0, 0.1) is 6.92 Å². The van der Waals surface area contributed by atoms with Gasteiger partial charge in [-0.3, -0.25) is 0 Å². The molecule has 1 aromatic rings. The summed E-state index contributed by atoms with van der Waals surface area (Å²) >= 11 is 3.49. The number of nitrogens with two attached hydrogens (primary N) is 1. The normalized spacial score (nSPS) is 15.2. The van der Waals surface area contributed by atoms with Crippen LogP contribution in [0.3, 0.4) is 0 Å². The van der Waals surface area contributed by atoms with Gasteiger partial charge in [0.15, 0.2) is 0 Å². The number of halogens is 1. The van der Waals surface area contributed by atoms with E-state index in [9.17, 15) is 0 Å². The molecule has 3 N–H and O–H groups in total. The summed E-state index contributed by atoms with van der Waals surface area (Å²) in [6.07, 6.45) is 0.566. The second-order valence-corrected chi connectivity index (χ2v) is 4.68. The molecular formula is C11H16BrNO. The molecule has 3 heteroatoms. The minimum atomic E-state index is -0.473. The minimum Gasteiger partial charge on any atom is -0.396 e. The molecule has 0 fully saturated rings. The summed E-state index contributed by atoms with van der Waals surface area (Å²) in [5.41, 5.74) is 7.92. The van der Waals surface area contributed by atoms with E-state index >= 15 is 0 Å². The Kier molecular flexibility index (Phi) is 3.70. The van der Waals surface area contributed by atoms with Crippen LogP contribution in [-0.4, -0.2) is 11.7 Å². The molecule has 0 amide bonds. The van der Waals surface area contributed by atoms with Crippen LogP contribution >= 0.6 is 15.9 Å². The topological polar surface area (TPSA) is 46.2 Å². The van der Waals surface area contributed by atoms with Crippen molar-refractivity contribution >= 4 is 15.9 Å². The van der Waals surface area contributed by atoms with Crippen LogP contribution in [0.4, 0.5) is 0 Å². The molecule has 0 aliphatic rings. The molecule has 0 bridgehead atoms. The Morgan fingerprint density at radius 3 is 2.64 bits per heavy atom. The highest BCUT2D eigenvalue weighted by molar-refractivity contribution is 9.10. The third kappa shape index (κ3) is 2.35. The van der Waals surface area contributed by atoms with Gasteiger partial charge in [-0.1, -0.05) is 28.1 Å². The number of aliphatic hydroxyl groups excluding tert-OH is 1. The SMILES string of the molecule is Cc1cccc(Br)c1[C@](C)(N)CCO. The molecule has 14 heavy (non-hydrogen) atoms. The van der Waals surface area contributed by atoms with E-state index in [0.29, 0.717) is 6.42 Å². The van der Waals surface area contributed by atoms with Gasteiger partial charge in [0.1, 0.15) is 0 Å². The van der Waals surface area contributed by atoms with E-state index in [1.165, 1.54) is 0 Å². The molecule has 1 atom stereocenters. The van der Waals surface area contributed by atoms with Gasteiger partial charge in [0, 0.05) is 16.6 Å². The molecule has 1 rings (SSSR count). The zero-order chi connectivity index (χ0) is 10.8. The molecule has 0 saturated heterocycles. The van der Waals surface area contributed by atoms with E-state index in [1.54, 1.807) is 0 Å². The van der Waals surface area contributed by atoms with E-state index in [-0.39, 0.29) is 6.61 Å². The average molecular weight is 258 g/mol. The Labute approximate surface area is 93.3 Å². The first-order valence-electron chi connectivity index (χ1n) is 4.64. The standard InChI is InChI=1S/C11H16BrNO/c1-8-4-3-5-9(12)10(8)11(2,13)6-7-14/h3-5,14H,6-7,13H2,1-2H3/t11-/m1/s1. The number of aliphatic hydroxyl groups is 1. The van der Waals surface area contributed by atoms with Crippen LogP contribution in [0.15, 0.2) is 22.7 Å². The summed E-state index contributed by atoms with van der Waals surface area (Å²) in [6.45, 7) is 4.08. The summed E-state index contributed by atoms with van der Waals surface area (Å²) in [5, 5.41) is 8.95. The lowest BCUT2D eigenvalue weighted by atomic mass is 9.87. The van der Waals surface area contributed by atoms with Crippen molar-refractivity contribution in [3.8, 4) is 0 Å². The van der Waals surface area contributed by atoms with Crippen molar-refractivity contribution in [2.75, 3.05) is 6.61 Å². The molecule has 0 aromatic heterocycles. The average Bonchev–Trinajstić information content (AvgIpc) is 2.02. The Balaban J connectivity index is 3.17. The largest absolute Gasteiger partial charge is 0.396 e. The fraction of sp³-hybridized carbons (Fsp3) is 0.455. The Morgan fingerprint density at radius 1 is 1.50 bits per heavy atom. The van der Waals surface area contributed by atoms with Crippen molar-refractivity contribution in [2.24, 2.45) is 5.73 Å². The van der Waals surface area contributed by atoms with Crippen LogP contribution in [0.1, 0.15) is 24.5 Å². The van der Waals surface area contributed by atoms with E-state index in [0.717, 1.165) is 15.6 Å². The molecule has 0 unspecified atom stereocenters. The highest BCUT2D eigenvalue weighted by atomic mass is 79.9. The van der Waals surface area contributed by atoms with Gasteiger partial charge in [-0.15, -0.1) is 0 Å². The van der Waals surface area contributed by atoms with Crippen molar-refractivity contribution in [3.63, 3.8) is 0 Å². The van der Waals surface area contributed by atoms with Gasteiger partial charge in [-0.2, -0.15) is 0 Å². The van der Waals surface area contributed by atoms with Crippen LogP contribution in [0.5, 0.6) is 0 Å². The Morgan fingerprint density at radius 2 is 2.14 bits per heavy atom.